The number of nitrogen functional groups attached to an aromatic ring is 2. The van der Waals surface area contributed by atoms with Crippen LogP contribution < -0.4 is 11.5 Å². The normalized spacial score (nSPS) is 39.6. The summed E-state index contributed by atoms with van der Waals surface area (Å²) < 4.78 is 77.4. The van der Waals surface area contributed by atoms with Crippen LogP contribution in [0.1, 0.15) is 92.2 Å². The Morgan fingerprint density at radius 3 is 1.25 bits per heavy atom. The number of fused-ring (bicyclic) bond motifs is 4. The van der Waals surface area contributed by atoms with E-state index in [1.807, 2.05) is 0 Å². The van der Waals surface area contributed by atoms with Crippen molar-refractivity contribution < 1.29 is 25.6 Å². The number of aliphatic imine (C=N–C) groups is 2. The first-order valence-electron chi connectivity index (χ1n) is 14.7. The SMILES string of the molecule is CC1=N[C@](C)(c2cc(N)ccc2F)[C@@]2(C)CC[C@]1(C)S2(=O)=O.CC1=N[C@](C)(c2cc(N)ccc2F)[C@]2(C)CC[C@@]1(C)S2(=O)=O. The highest BCUT2D eigenvalue weighted by Gasteiger charge is 2.71. The molecule has 0 unspecified atom stereocenters. The van der Waals surface area contributed by atoms with Crippen molar-refractivity contribution in [2.24, 2.45) is 9.98 Å². The van der Waals surface area contributed by atoms with Crippen molar-refractivity contribution in [2.75, 3.05) is 11.5 Å². The van der Waals surface area contributed by atoms with Gasteiger partial charge in [0, 0.05) is 33.9 Å². The Morgan fingerprint density at radius 2 is 0.932 bits per heavy atom. The number of halogens is 2. The molecule has 0 aliphatic carbocycles. The van der Waals surface area contributed by atoms with Gasteiger partial charge >= 0.3 is 0 Å². The molecule has 240 valence electrons. The van der Waals surface area contributed by atoms with Crippen LogP contribution in [0.15, 0.2) is 46.4 Å². The summed E-state index contributed by atoms with van der Waals surface area (Å²) in [6.07, 6.45) is 1.94. The van der Waals surface area contributed by atoms with Crippen LogP contribution in [0.2, 0.25) is 0 Å². The van der Waals surface area contributed by atoms with E-state index in [4.69, 9.17) is 21.5 Å². The van der Waals surface area contributed by atoms with Crippen LogP contribution in [0.5, 0.6) is 0 Å². The third kappa shape index (κ3) is 3.64. The van der Waals surface area contributed by atoms with E-state index in [1.54, 1.807) is 55.4 Å². The lowest BCUT2D eigenvalue weighted by molar-refractivity contribution is 0.332. The topological polar surface area (TPSA) is 145 Å². The summed E-state index contributed by atoms with van der Waals surface area (Å²) in [6.45, 7) is 13.7. The molecule has 4 N–H and O–H groups in total. The molecular weight excluding hydrogens is 607 g/mol. The molecule has 4 aliphatic heterocycles. The van der Waals surface area contributed by atoms with Crippen molar-refractivity contribution in [3.05, 3.63) is 59.2 Å². The Bertz CT molecular complexity index is 1740. The molecule has 4 bridgehead atoms. The van der Waals surface area contributed by atoms with Crippen molar-refractivity contribution in [2.45, 2.75) is 111 Å². The van der Waals surface area contributed by atoms with Gasteiger partial charge in [-0.3, -0.25) is 9.98 Å². The fraction of sp³-hybridized carbons (Fsp3) is 0.562. The molecule has 2 aromatic rings. The Labute approximate surface area is 259 Å². The van der Waals surface area contributed by atoms with Crippen molar-refractivity contribution in [3.8, 4) is 0 Å². The van der Waals surface area contributed by atoms with Gasteiger partial charge in [0.05, 0.1) is 9.49 Å². The number of sulfone groups is 2. The number of anilines is 2. The van der Waals surface area contributed by atoms with Crippen LogP contribution in [-0.4, -0.2) is 47.2 Å². The number of nitrogens with two attached hydrogens (primary N) is 2. The molecule has 4 heterocycles. The highest BCUT2D eigenvalue weighted by atomic mass is 32.2. The first-order chi connectivity index (χ1) is 20.0. The lowest BCUT2D eigenvalue weighted by Crippen LogP contribution is -2.59. The summed E-state index contributed by atoms with van der Waals surface area (Å²) in [5, 5.41) is 0. The second-order valence-electron chi connectivity index (χ2n) is 13.9. The highest BCUT2D eigenvalue weighted by molar-refractivity contribution is 7.95. The van der Waals surface area contributed by atoms with Gasteiger partial charge in [0.1, 0.15) is 32.2 Å². The molecule has 6 rings (SSSR count). The molecular formula is C32H42F2N4O4S2. The van der Waals surface area contributed by atoms with Gasteiger partial charge in [0.2, 0.25) is 0 Å². The van der Waals surface area contributed by atoms with Crippen LogP contribution in [0, 0.1) is 11.6 Å². The van der Waals surface area contributed by atoms with E-state index in [2.05, 4.69) is 0 Å². The summed E-state index contributed by atoms with van der Waals surface area (Å²) in [4.78, 5) is 9.38. The standard InChI is InChI=1S/2C16H21FN2O2S/c2*1-10-14(2)7-8-15(3,22(14,20)21)16(4,19-10)12-9-11(18)5-6-13(12)17/h2*5-6,9H,7-8,18H2,1-4H3/t14-,15+,16+;14-,15+,16-/m01/s1. The minimum absolute atomic E-state index is 0.252. The first kappa shape index (κ1) is 32.5. The number of hydrogen-bond acceptors (Lipinski definition) is 8. The highest BCUT2D eigenvalue weighted by Crippen LogP contribution is 2.60. The van der Waals surface area contributed by atoms with E-state index in [0.29, 0.717) is 48.5 Å². The summed E-state index contributed by atoms with van der Waals surface area (Å²) in [7, 11) is -7.00. The predicted molar refractivity (Wildman–Crippen MR) is 172 cm³/mol. The van der Waals surface area contributed by atoms with Crippen molar-refractivity contribution in [3.63, 3.8) is 0 Å². The van der Waals surface area contributed by atoms with Gasteiger partial charge in [0.25, 0.3) is 0 Å². The molecule has 0 saturated carbocycles. The van der Waals surface area contributed by atoms with Crippen LogP contribution in [0.4, 0.5) is 20.2 Å². The van der Waals surface area contributed by atoms with E-state index in [1.165, 1.54) is 36.4 Å². The molecule has 0 spiro atoms. The largest absolute Gasteiger partial charge is 0.399 e. The molecule has 2 aromatic carbocycles. The maximum absolute atomic E-state index is 14.4. The molecule has 2 saturated heterocycles. The summed E-state index contributed by atoms with van der Waals surface area (Å²) in [6, 6.07) is 8.51. The molecule has 44 heavy (non-hydrogen) atoms. The maximum atomic E-state index is 14.4. The minimum Gasteiger partial charge on any atom is -0.399 e. The quantitative estimate of drug-likeness (QED) is 0.403. The fourth-order valence-corrected chi connectivity index (χ4v) is 13.6. The summed E-state index contributed by atoms with van der Waals surface area (Å²) in [5.74, 6) is -0.944. The molecule has 0 aromatic heterocycles. The zero-order chi connectivity index (χ0) is 33.1. The smallest absolute Gasteiger partial charge is 0.169 e. The van der Waals surface area contributed by atoms with Gasteiger partial charge in [0.15, 0.2) is 19.7 Å². The van der Waals surface area contributed by atoms with E-state index < -0.39 is 61.4 Å². The Balaban J connectivity index is 0.000000175. The van der Waals surface area contributed by atoms with Gasteiger partial charge < -0.3 is 11.5 Å². The Morgan fingerprint density at radius 1 is 0.614 bits per heavy atom. The predicted octanol–water partition coefficient (Wildman–Crippen LogP) is 5.65. The molecule has 6 atom stereocenters. The average molecular weight is 649 g/mol. The van der Waals surface area contributed by atoms with E-state index in [0.717, 1.165) is 0 Å². The van der Waals surface area contributed by atoms with Crippen LogP contribution >= 0.6 is 0 Å². The monoisotopic (exact) mass is 648 g/mol. The lowest BCUT2D eigenvalue weighted by atomic mass is 9.78. The zero-order valence-corrected chi connectivity index (χ0v) is 28.2. The van der Waals surface area contributed by atoms with Crippen LogP contribution in [0.25, 0.3) is 0 Å². The van der Waals surface area contributed by atoms with E-state index in [9.17, 15) is 25.6 Å². The molecule has 0 radical (unpaired) electrons. The molecule has 12 heteroatoms. The van der Waals surface area contributed by atoms with Crippen LogP contribution in [0.3, 0.4) is 0 Å². The first-order valence-corrected chi connectivity index (χ1v) is 17.7. The van der Waals surface area contributed by atoms with Gasteiger partial charge in [-0.1, -0.05) is 0 Å². The van der Waals surface area contributed by atoms with Crippen LogP contribution in [-0.2, 0) is 30.8 Å². The fourth-order valence-electron chi connectivity index (χ4n) is 7.91. The Hall–Kier alpha value is -2.86. The van der Waals surface area contributed by atoms with Crippen molar-refractivity contribution in [1.29, 1.82) is 0 Å². The summed E-state index contributed by atoms with van der Waals surface area (Å²) >= 11 is 0. The second kappa shape index (κ2) is 9.34. The van der Waals surface area contributed by atoms with Gasteiger partial charge in [-0.05, 0) is 117 Å². The van der Waals surface area contributed by atoms with Gasteiger partial charge in [-0.2, -0.15) is 0 Å². The third-order valence-electron chi connectivity index (χ3n) is 11.9. The minimum atomic E-state index is -3.50. The maximum Gasteiger partial charge on any atom is 0.169 e. The molecule has 2 fully saturated rings. The van der Waals surface area contributed by atoms with E-state index in [-0.39, 0.29) is 11.1 Å². The van der Waals surface area contributed by atoms with Gasteiger partial charge in [-0.15, -0.1) is 0 Å². The Kier molecular flexibility index (Phi) is 6.91. The van der Waals surface area contributed by atoms with Crippen molar-refractivity contribution in [1.82, 2.24) is 0 Å². The number of rotatable bonds is 2. The molecule has 4 aliphatic rings. The molecule has 8 nitrogen and oxygen atoms in total. The van der Waals surface area contributed by atoms with Gasteiger partial charge in [-0.25, -0.2) is 25.6 Å². The lowest BCUT2D eigenvalue weighted by Gasteiger charge is -2.46. The average Bonchev–Trinajstić information content (AvgIpc) is 3.18. The van der Waals surface area contributed by atoms with E-state index >= 15 is 0 Å². The second-order valence-corrected chi connectivity index (χ2v) is 19.6. The number of hydrogen-bond donors (Lipinski definition) is 2. The number of nitrogens with zero attached hydrogens (tertiary/aromatic N) is 2. The summed E-state index contributed by atoms with van der Waals surface area (Å²) in [5.41, 5.74) is 11.6. The molecule has 0 amide bonds. The van der Waals surface area contributed by atoms with Crippen molar-refractivity contribution >= 4 is 42.5 Å². The third-order valence-corrected chi connectivity index (χ3v) is 18.9. The number of benzene rings is 2. The zero-order valence-electron chi connectivity index (χ0n) is 26.5.